The van der Waals surface area contributed by atoms with Crippen molar-refractivity contribution >= 4 is 10.0 Å². The van der Waals surface area contributed by atoms with E-state index in [0.29, 0.717) is 42.5 Å². The number of hydrogen-bond donors (Lipinski definition) is 0. The van der Waals surface area contributed by atoms with Crippen molar-refractivity contribution < 1.29 is 13.2 Å². The molecule has 0 saturated heterocycles. The third-order valence-electron chi connectivity index (χ3n) is 4.94. The Morgan fingerprint density at radius 3 is 2.48 bits per heavy atom. The van der Waals surface area contributed by atoms with Crippen LogP contribution in [0, 0.1) is 0 Å². The van der Waals surface area contributed by atoms with Crippen molar-refractivity contribution in [2.75, 3.05) is 20.2 Å². The minimum absolute atomic E-state index is 0.299. The quantitative estimate of drug-likeness (QED) is 0.836. The first kappa shape index (κ1) is 16.5. The number of sulfonamides is 1. The minimum Gasteiger partial charge on any atom is -0.497 e. The number of benzene rings is 1. The van der Waals surface area contributed by atoms with Crippen molar-refractivity contribution in [3.8, 4) is 5.75 Å². The van der Waals surface area contributed by atoms with E-state index in [1.54, 1.807) is 42.0 Å². The van der Waals surface area contributed by atoms with Crippen molar-refractivity contribution in [1.82, 2.24) is 14.3 Å². The summed E-state index contributed by atoms with van der Waals surface area (Å²) in [5.74, 6) is 1.19. The van der Waals surface area contributed by atoms with Gasteiger partial charge in [0.25, 0.3) is 0 Å². The maximum Gasteiger partial charge on any atom is 0.243 e. The molecule has 7 heteroatoms. The van der Waals surface area contributed by atoms with Crippen LogP contribution in [0.4, 0.5) is 0 Å². The zero-order valence-electron chi connectivity index (χ0n) is 14.2. The maximum atomic E-state index is 13.0. The second-order valence-corrected chi connectivity index (χ2v) is 8.48. The van der Waals surface area contributed by atoms with Gasteiger partial charge in [0, 0.05) is 31.1 Å². The fraction of sp³-hybridized carbons (Fsp3) is 0.444. The van der Waals surface area contributed by atoms with Crippen molar-refractivity contribution in [1.29, 1.82) is 0 Å². The summed E-state index contributed by atoms with van der Waals surface area (Å²) in [4.78, 5) is 9.18. The number of ether oxygens (including phenoxy) is 1. The van der Waals surface area contributed by atoms with Crippen LogP contribution in [0.15, 0.2) is 35.5 Å². The van der Waals surface area contributed by atoms with E-state index in [9.17, 15) is 8.42 Å². The van der Waals surface area contributed by atoms with E-state index in [1.807, 2.05) is 0 Å². The summed E-state index contributed by atoms with van der Waals surface area (Å²) < 4.78 is 32.6. The molecule has 132 valence electrons. The molecule has 2 heterocycles. The summed E-state index contributed by atoms with van der Waals surface area (Å²) in [5, 5.41) is 0. The normalized spacial score (nSPS) is 18.4. The lowest BCUT2D eigenvalue weighted by Crippen LogP contribution is -2.33. The Bertz CT molecular complexity index is 877. The van der Waals surface area contributed by atoms with Gasteiger partial charge in [-0.1, -0.05) is 0 Å². The van der Waals surface area contributed by atoms with Crippen LogP contribution in [0.3, 0.4) is 0 Å². The van der Waals surface area contributed by atoms with E-state index in [2.05, 4.69) is 9.97 Å². The number of rotatable bonds is 4. The van der Waals surface area contributed by atoms with Gasteiger partial charge in [-0.3, -0.25) is 0 Å². The van der Waals surface area contributed by atoms with Gasteiger partial charge in [0.05, 0.1) is 17.7 Å². The topological polar surface area (TPSA) is 72.4 Å². The third kappa shape index (κ3) is 3.14. The SMILES string of the molecule is COc1ccc(S(=O)(=O)N2CCc3ncnc(C4CC4)c3CC2)cc1. The molecule has 1 aromatic carbocycles. The third-order valence-corrected chi connectivity index (χ3v) is 6.85. The van der Waals surface area contributed by atoms with Crippen molar-refractivity contribution in [3.05, 3.63) is 47.5 Å². The molecule has 1 saturated carbocycles. The average Bonchev–Trinajstić information content (AvgIpc) is 3.47. The van der Waals surface area contributed by atoms with Crippen LogP contribution < -0.4 is 4.74 Å². The molecule has 1 aliphatic heterocycles. The summed E-state index contributed by atoms with van der Waals surface area (Å²) in [7, 11) is -1.95. The summed E-state index contributed by atoms with van der Waals surface area (Å²) in [6.45, 7) is 0.914. The highest BCUT2D eigenvalue weighted by atomic mass is 32.2. The Balaban J connectivity index is 1.59. The first-order valence-electron chi connectivity index (χ1n) is 8.56. The average molecular weight is 359 g/mol. The highest BCUT2D eigenvalue weighted by molar-refractivity contribution is 7.89. The fourth-order valence-corrected chi connectivity index (χ4v) is 4.82. The molecule has 1 aliphatic carbocycles. The van der Waals surface area contributed by atoms with E-state index in [1.165, 1.54) is 12.8 Å². The van der Waals surface area contributed by atoms with Crippen molar-refractivity contribution in [2.24, 2.45) is 0 Å². The molecule has 0 spiro atoms. The Morgan fingerprint density at radius 1 is 1.08 bits per heavy atom. The lowest BCUT2D eigenvalue weighted by Gasteiger charge is -2.20. The predicted molar refractivity (Wildman–Crippen MR) is 93.2 cm³/mol. The highest BCUT2D eigenvalue weighted by Gasteiger charge is 2.32. The molecule has 1 fully saturated rings. The Labute approximate surface area is 147 Å². The van der Waals surface area contributed by atoms with Gasteiger partial charge in [0.15, 0.2) is 0 Å². The zero-order valence-corrected chi connectivity index (χ0v) is 15.0. The largest absolute Gasteiger partial charge is 0.497 e. The molecular formula is C18H21N3O3S. The number of fused-ring (bicyclic) bond motifs is 1. The Morgan fingerprint density at radius 2 is 1.80 bits per heavy atom. The number of hydrogen-bond acceptors (Lipinski definition) is 5. The van der Waals surface area contributed by atoms with Crippen LogP contribution in [-0.4, -0.2) is 42.9 Å². The van der Waals surface area contributed by atoms with E-state index < -0.39 is 10.0 Å². The molecule has 4 rings (SSSR count). The zero-order chi connectivity index (χ0) is 17.4. The molecule has 2 aromatic rings. The fourth-order valence-electron chi connectivity index (χ4n) is 3.38. The molecule has 0 radical (unpaired) electrons. The lowest BCUT2D eigenvalue weighted by atomic mass is 10.0. The summed E-state index contributed by atoms with van der Waals surface area (Å²) in [6.07, 6.45) is 5.29. The van der Waals surface area contributed by atoms with Crippen LogP contribution >= 0.6 is 0 Å². The molecule has 25 heavy (non-hydrogen) atoms. The summed E-state index contributed by atoms with van der Waals surface area (Å²) in [6, 6.07) is 6.55. The monoisotopic (exact) mass is 359 g/mol. The second-order valence-electron chi connectivity index (χ2n) is 6.54. The molecule has 0 N–H and O–H groups in total. The highest BCUT2D eigenvalue weighted by Crippen LogP contribution is 2.41. The van der Waals surface area contributed by atoms with Gasteiger partial charge in [-0.2, -0.15) is 4.31 Å². The van der Waals surface area contributed by atoms with Gasteiger partial charge in [-0.15, -0.1) is 0 Å². The van der Waals surface area contributed by atoms with Gasteiger partial charge in [-0.05, 0) is 49.1 Å². The van der Waals surface area contributed by atoms with E-state index in [0.717, 1.165) is 17.0 Å². The van der Waals surface area contributed by atoms with Crippen LogP contribution in [0.1, 0.15) is 35.7 Å². The van der Waals surface area contributed by atoms with E-state index in [-0.39, 0.29) is 0 Å². The van der Waals surface area contributed by atoms with E-state index in [4.69, 9.17) is 4.74 Å². The summed E-state index contributed by atoms with van der Waals surface area (Å²) in [5.41, 5.74) is 3.30. The molecule has 0 bridgehead atoms. The van der Waals surface area contributed by atoms with Crippen LogP contribution in [-0.2, 0) is 22.9 Å². The van der Waals surface area contributed by atoms with Gasteiger partial charge >= 0.3 is 0 Å². The van der Waals surface area contributed by atoms with Crippen molar-refractivity contribution in [2.45, 2.75) is 36.5 Å². The molecule has 6 nitrogen and oxygen atoms in total. The molecule has 2 aliphatic rings. The first-order valence-corrected chi connectivity index (χ1v) is 10.0. The molecule has 0 unspecified atom stereocenters. The molecule has 0 atom stereocenters. The van der Waals surface area contributed by atoms with Crippen LogP contribution in [0.5, 0.6) is 5.75 Å². The van der Waals surface area contributed by atoms with Gasteiger partial charge in [0.1, 0.15) is 12.1 Å². The van der Waals surface area contributed by atoms with Crippen LogP contribution in [0.25, 0.3) is 0 Å². The van der Waals surface area contributed by atoms with Gasteiger partial charge in [0.2, 0.25) is 10.0 Å². The smallest absolute Gasteiger partial charge is 0.243 e. The minimum atomic E-state index is -3.52. The number of aromatic nitrogens is 2. The molecule has 0 amide bonds. The summed E-state index contributed by atoms with van der Waals surface area (Å²) >= 11 is 0. The number of methoxy groups -OCH3 is 1. The standard InChI is InChI=1S/C18H21N3O3S/c1-24-14-4-6-15(7-5-14)25(22,23)21-10-8-16-17(9-11-21)19-12-20-18(16)13-2-3-13/h4-7,12-13H,2-3,8-11H2,1H3. The van der Waals surface area contributed by atoms with Crippen molar-refractivity contribution in [3.63, 3.8) is 0 Å². The molecule has 1 aromatic heterocycles. The van der Waals surface area contributed by atoms with Gasteiger partial charge in [-0.25, -0.2) is 18.4 Å². The van der Waals surface area contributed by atoms with Gasteiger partial charge < -0.3 is 4.74 Å². The van der Waals surface area contributed by atoms with E-state index >= 15 is 0 Å². The predicted octanol–water partition coefficient (Wildman–Crippen LogP) is 2.15. The number of nitrogens with zero attached hydrogens (tertiary/aromatic N) is 3. The first-order chi connectivity index (χ1) is 12.1. The second kappa shape index (κ2) is 6.38. The Kier molecular flexibility index (Phi) is 4.21. The Hall–Kier alpha value is -1.99. The maximum absolute atomic E-state index is 13.0. The lowest BCUT2D eigenvalue weighted by molar-refractivity contribution is 0.413. The van der Waals surface area contributed by atoms with Crippen LogP contribution in [0.2, 0.25) is 0 Å². The molecular weight excluding hydrogens is 338 g/mol.